The van der Waals surface area contributed by atoms with Crippen molar-refractivity contribution in [3.8, 4) is 0 Å². The minimum absolute atomic E-state index is 0.537. The molecule has 3 heteroatoms. The van der Waals surface area contributed by atoms with Crippen molar-refractivity contribution in [1.29, 1.82) is 0 Å². The van der Waals surface area contributed by atoms with Crippen LogP contribution in [-0.2, 0) is 0 Å². The Morgan fingerprint density at radius 3 is 2.78 bits per heavy atom. The van der Waals surface area contributed by atoms with Gasteiger partial charge in [0.15, 0.2) is 12.2 Å². The highest BCUT2D eigenvalue weighted by Gasteiger charge is 2.14. The maximum Gasteiger partial charge on any atom is 0.193 e. The lowest BCUT2D eigenvalue weighted by Gasteiger charge is -2.20. The van der Waals surface area contributed by atoms with Crippen molar-refractivity contribution in [1.82, 2.24) is 4.90 Å². The molecule has 1 rings (SSSR count). The third kappa shape index (κ3) is 1.09. The van der Waals surface area contributed by atoms with Gasteiger partial charge in [-0.25, -0.2) is 4.39 Å². The van der Waals surface area contributed by atoms with E-state index in [1.165, 1.54) is 25.3 Å². The summed E-state index contributed by atoms with van der Waals surface area (Å²) in [5.41, 5.74) is 0. The van der Waals surface area contributed by atoms with Gasteiger partial charge < -0.3 is 4.90 Å². The summed E-state index contributed by atoms with van der Waals surface area (Å²) in [6, 6.07) is 0. The zero-order valence-corrected chi connectivity index (χ0v) is 5.01. The van der Waals surface area contributed by atoms with Crippen LogP contribution in [0.1, 0.15) is 0 Å². The van der Waals surface area contributed by atoms with Crippen LogP contribution in [-0.4, -0.2) is 18.2 Å². The Hall–Kier alpha value is -0.860. The van der Waals surface area contributed by atoms with E-state index in [4.69, 9.17) is 0 Å². The predicted molar refractivity (Wildman–Crippen MR) is 31.0 cm³/mol. The molecule has 1 atom stereocenters. The molecule has 0 saturated carbocycles. The summed E-state index contributed by atoms with van der Waals surface area (Å²) in [4.78, 5) is 0.917. The molecular weight excluding hydrogens is 124 g/mol. The summed E-state index contributed by atoms with van der Waals surface area (Å²) < 4.78 is 24.7. The van der Waals surface area contributed by atoms with Gasteiger partial charge in [0.25, 0.3) is 0 Å². The van der Waals surface area contributed by atoms with Crippen molar-refractivity contribution in [3.05, 3.63) is 24.2 Å². The van der Waals surface area contributed by atoms with E-state index >= 15 is 0 Å². The van der Waals surface area contributed by atoms with Crippen molar-refractivity contribution in [2.45, 2.75) is 6.30 Å². The highest BCUT2D eigenvalue weighted by atomic mass is 19.2. The van der Waals surface area contributed by atoms with Gasteiger partial charge in [0, 0.05) is 7.05 Å². The predicted octanol–water partition coefficient (Wildman–Crippen LogP) is 1.59. The van der Waals surface area contributed by atoms with E-state index in [0.717, 1.165) is 4.90 Å². The van der Waals surface area contributed by atoms with E-state index in [1.807, 2.05) is 0 Å². The summed E-state index contributed by atoms with van der Waals surface area (Å²) in [6.07, 6.45) is 2.55. The number of allylic oxidation sites excluding steroid dienone is 2. The van der Waals surface area contributed by atoms with E-state index in [-0.39, 0.29) is 0 Å². The molecule has 0 radical (unpaired) electrons. The van der Waals surface area contributed by atoms with Crippen LogP contribution in [0.15, 0.2) is 24.2 Å². The van der Waals surface area contributed by atoms with Gasteiger partial charge in [-0.15, -0.1) is 0 Å². The molecule has 0 aromatic carbocycles. The van der Waals surface area contributed by atoms with E-state index in [0.29, 0.717) is 0 Å². The standard InChI is InChI=1S/C6H7F2N/c1-9-5(7)3-2-4-6(9)8/h2-5H,1H3. The Kier molecular flexibility index (Phi) is 1.51. The van der Waals surface area contributed by atoms with Crippen LogP contribution in [0.3, 0.4) is 0 Å². The third-order valence-electron chi connectivity index (χ3n) is 1.21. The SMILES string of the molecule is CN1C(F)=CC=CC1F. The van der Waals surface area contributed by atoms with Crippen LogP contribution in [0.25, 0.3) is 0 Å². The average Bonchev–Trinajstić information content (AvgIpc) is 1.83. The van der Waals surface area contributed by atoms with Crippen molar-refractivity contribution >= 4 is 0 Å². The fourth-order valence-corrected chi connectivity index (χ4v) is 0.591. The quantitative estimate of drug-likeness (QED) is 0.451. The second-order valence-corrected chi connectivity index (χ2v) is 1.86. The van der Waals surface area contributed by atoms with Gasteiger partial charge in [-0.05, 0) is 12.2 Å². The molecule has 0 spiro atoms. The average molecular weight is 131 g/mol. The highest BCUT2D eigenvalue weighted by molar-refractivity contribution is 5.13. The smallest absolute Gasteiger partial charge is 0.193 e. The van der Waals surface area contributed by atoms with Gasteiger partial charge in [0.1, 0.15) is 0 Å². The summed E-state index contributed by atoms with van der Waals surface area (Å²) in [7, 11) is 1.36. The van der Waals surface area contributed by atoms with Crippen molar-refractivity contribution in [2.24, 2.45) is 0 Å². The van der Waals surface area contributed by atoms with Crippen molar-refractivity contribution < 1.29 is 8.78 Å². The van der Waals surface area contributed by atoms with Gasteiger partial charge in [0.05, 0.1) is 0 Å². The van der Waals surface area contributed by atoms with Crippen molar-refractivity contribution in [2.75, 3.05) is 7.05 Å². The minimum atomic E-state index is -1.31. The number of halogens is 2. The van der Waals surface area contributed by atoms with Crippen LogP contribution >= 0.6 is 0 Å². The molecule has 1 unspecified atom stereocenters. The fraction of sp³-hybridized carbons (Fsp3) is 0.333. The number of likely N-dealkylation sites (N-methyl/N-ethyl adjacent to an activating group) is 1. The first-order valence-electron chi connectivity index (χ1n) is 2.62. The molecule has 1 heterocycles. The monoisotopic (exact) mass is 131 g/mol. The van der Waals surface area contributed by atoms with Crippen LogP contribution in [0.4, 0.5) is 8.78 Å². The lowest BCUT2D eigenvalue weighted by Crippen LogP contribution is -2.25. The Morgan fingerprint density at radius 1 is 1.67 bits per heavy atom. The van der Waals surface area contributed by atoms with Gasteiger partial charge in [-0.1, -0.05) is 6.08 Å². The number of rotatable bonds is 0. The highest BCUT2D eigenvalue weighted by Crippen LogP contribution is 2.14. The lowest BCUT2D eigenvalue weighted by atomic mass is 10.3. The van der Waals surface area contributed by atoms with E-state index in [1.54, 1.807) is 0 Å². The largest absolute Gasteiger partial charge is 0.318 e. The molecule has 0 saturated heterocycles. The topological polar surface area (TPSA) is 3.24 Å². The molecule has 1 aliphatic rings. The normalized spacial score (nSPS) is 26.3. The lowest BCUT2D eigenvalue weighted by molar-refractivity contribution is 0.155. The van der Waals surface area contributed by atoms with Gasteiger partial charge in [-0.3, -0.25) is 0 Å². The molecule has 0 bridgehead atoms. The molecule has 1 aliphatic heterocycles. The van der Waals surface area contributed by atoms with Crippen LogP contribution in [0.2, 0.25) is 0 Å². The van der Waals surface area contributed by atoms with Crippen molar-refractivity contribution in [3.63, 3.8) is 0 Å². The Balaban J connectivity index is 2.73. The Morgan fingerprint density at radius 2 is 2.33 bits per heavy atom. The molecule has 0 aliphatic carbocycles. The molecule has 50 valence electrons. The molecule has 0 aromatic rings. The van der Waals surface area contributed by atoms with E-state index in [9.17, 15) is 8.78 Å². The van der Waals surface area contributed by atoms with E-state index < -0.39 is 12.2 Å². The van der Waals surface area contributed by atoms with Gasteiger partial charge in [0.2, 0.25) is 0 Å². The van der Waals surface area contributed by atoms with Crippen LogP contribution < -0.4 is 0 Å². The second-order valence-electron chi connectivity index (χ2n) is 1.86. The second kappa shape index (κ2) is 2.17. The molecular formula is C6H7F2N. The number of alkyl halides is 1. The maximum atomic E-state index is 12.4. The molecule has 0 N–H and O–H groups in total. The Labute approximate surface area is 52.3 Å². The molecule has 0 aromatic heterocycles. The van der Waals surface area contributed by atoms with Crippen LogP contribution in [0.5, 0.6) is 0 Å². The van der Waals surface area contributed by atoms with Gasteiger partial charge in [-0.2, -0.15) is 4.39 Å². The minimum Gasteiger partial charge on any atom is -0.318 e. The number of hydrogen-bond donors (Lipinski definition) is 0. The summed E-state index contributed by atoms with van der Waals surface area (Å²) >= 11 is 0. The third-order valence-corrected chi connectivity index (χ3v) is 1.21. The molecule has 9 heavy (non-hydrogen) atoms. The van der Waals surface area contributed by atoms with Gasteiger partial charge >= 0.3 is 0 Å². The molecule has 1 nitrogen and oxygen atoms in total. The van der Waals surface area contributed by atoms with Crippen LogP contribution in [0, 0.1) is 0 Å². The number of hydrogen-bond acceptors (Lipinski definition) is 1. The maximum absolute atomic E-state index is 12.4. The summed E-state index contributed by atoms with van der Waals surface area (Å²) in [5.74, 6) is -0.537. The zero-order chi connectivity index (χ0) is 6.85. The summed E-state index contributed by atoms with van der Waals surface area (Å²) in [6.45, 7) is 0. The Bertz CT molecular complexity index is 162. The molecule has 0 amide bonds. The zero-order valence-electron chi connectivity index (χ0n) is 5.01. The first kappa shape index (κ1) is 6.26. The van der Waals surface area contributed by atoms with E-state index in [2.05, 4.69) is 0 Å². The summed E-state index contributed by atoms with van der Waals surface area (Å²) in [5, 5.41) is 0. The first-order valence-corrected chi connectivity index (χ1v) is 2.62. The fourth-order valence-electron chi connectivity index (χ4n) is 0.591. The first-order chi connectivity index (χ1) is 4.22. The molecule has 0 fully saturated rings. The number of nitrogens with zero attached hydrogens (tertiary/aromatic N) is 1.